The minimum atomic E-state index is -2.95. The molecule has 1 saturated heterocycles. The van der Waals surface area contributed by atoms with Crippen LogP contribution in [0.15, 0.2) is 24.3 Å². The van der Waals surface area contributed by atoms with Gasteiger partial charge in [-0.2, -0.15) is 0 Å². The molecule has 1 aromatic carbocycles. The van der Waals surface area contributed by atoms with Crippen LogP contribution in [0, 0.1) is 0 Å². The van der Waals surface area contributed by atoms with Gasteiger partial charge in [-0.3, -0.25) is 4.79 Å². The van der Waals surface area contributed by atoms with Crippen LogP contribution < -0.4 is 4.90 Å². The van der Waals surface area contributed by atoms with Crippen molar-refractivity contribution >= 4 is 21.4 Å². The molecule has 104 valence electrons. The molecule has 1 aliphatic heterocycles. The molecule has 0 atom stereocenters. The molecular formula is C13H18N2O3S. The smallest absolute Gasteiger partial charge is 0.253 e. The summed E-state index contributed by atoms with van der Waals surface area (Å²) in [5.41, 5.74) is 1.63. The molecule has 1 fully saturated rings. The largest absolute Gasteiger partial charge is 0.378 e. The fraction of sp³-hybridized carbons (Fsp3) is 0.462. The Balaban J connectivity index is 2.08. The Hall–Kier alpha value is -1.56. The predicted molar refractivity (Wildman–Crippen MR) is 75.3 cm³/mol. The van der Waals surface area contributed by atoms with E-state index in [1.807, 2.05) is 31.1 Å². The van der Waals surface area contributed by atoms with Crippen molar-refractivity contribution in [3.63, 3.8) is 0 Å². The van der Waals surface area contributed by atoms with Gasteiger partial charge in [-0.15, -0.1) is 0 Å². The number of benzene rings is 1. The van der Waals surface area contributed by atoms with Crippen molar-refractivity contribution < 1.29 is 13.2 Å². The van der Waals surface area contributed by atoms with Gasteiger partial charge >= 0.3 is 0 Å². The van der Waals surface area contributed by atoms with Crippen LogP contribution in [0.25, 0.3) is 0 Å². The Bertz CT molecular complexity index is 550. The highest BCUT2D eigenvalue weighted by Gasteiger charge is 2.25. The van der Waals surface area contributed by atoms with Gasteiger partial charge in [-0.1, -0.05) is 0 Å². The number of amides is 1. The number of hydrogen-bond acceptors (Lipinski definition) is 4. The average molecular weight is 282 g/mol. The van der Waals surface area contributed by atoms with Crippen LogP contribution in [0.5, 0.6) is 0 Å². The van der Waals surface area contributed by atoms with Gasteiger partial charge in [0.05, 0.1) is 11.5 Å². The molecule has 1 amide bonds. The Morgan fingerprint density at radius 3 is 2.11 bits per heavy atom. The van der Waals surface area contributed by atoms with Gasteiger partial charge in [0.15, 0.2) is 9.84 Å². The molecule has 19 heavy (non-hydrogen) atoms. The van der Waals surface area contributed by atoms with Crippen molar-refractivity contribution in [2.24, 2.45) is 0 Å². The highest BCUT2D eigenvalue weighted by Crippen LogP contribution is 2.15. The standard InChI is InChI=1S/C13H18N2O3S/c1-14(2)12-5-3-11(4-6-12)13(16)15-7-9-19(17,18)10-8-15/h3-6H,7-10H2,1-2H3. The highest BCUT2D eigenvalue weighted by atomic mass is 32.2. The molecule has 6 heteroatoms. The van der Waals surface area contributed by atoms with Crippen LogP contribution in [0.4, 0.5) is 5.69 Å². The molecule has 0 aliphatic carbocycles. The lowest BCUT2D eigenvalue weighted by Gasteiger charge is -2.26. The topological polar surface area (TPSA) is 57.7 Å². The van der Waals surface area contributed by atoms with Crippen molar-refractivity contribution in [3.8, 4) is 0 Å². The highest BCUT2D eigenvalue weighted by molar-refractivity contribution is 7.91. The van der Waals surface area contributed by atoms with E-state index in [1.54, 1.807) is 17.0 Å². The van der Waals surface area contributed by atoms with E-state index in [1.165, 1.54) is 0 Å². The summed E-state index contributed by atoms with van der Waals surface area (Å²) in [4.78, 5) is 15.8. The number of rotatable bonds is 2. The zero-order valence-corrected chi connectivity index (χ0v) is 12.0. The number of hydrogen-bond donors (Lipinski definition) is 0. The first-order chi connectivity index (χ1) is 8.89. The minimum absolute atomic E-state index is 0.0640. The lowest BCUT2D eigenvalue weighted by atomic mass is 10.1. The molecule has 1 aromatic rings. The lowest BCUT2D eigenvalue weighted by molar-refractivity contribution is 0.0770. The summed E-state index contributed by atoms with van der Waals surface area (Å²) >= 11 is 0. The first kappa shape index (κ1) is 13.9. The van der Waals surface area contributed by atoms with Crippen LogP contribution in [-0.2, 0) is 9.84 Å². The molecule has 1 heterocycles. The number of sulfone groups is 1. The van der Waals surface area contributed by atoms with Crippen LogP contribution in [0.2, 0.25) is 0 Å². The second-order valence-electron chi connectivity index (χ2n) is 4.89. The monoisotopic (exact) mass is 282 g/mol. The number of carbonyl (C=O) groups excluding carboxylic acids is 1. The van der Waals surface area contributed by atoms with E-state index in [-0.39, 0.29) is 30.5 Å². The molecule has 0 bridgehead atoms. The van der Waals surface area contributed by atoms with Gasteiger partial charge in [-0.25, -0.2) is 8.42 Å². The summed E-state index contributed by atoms with van der Waals surface area (Å²) in [7, 11) is 0.924. The number of anilines is 1. The van der Waals surface area contributed by atoms with Crippen molar-refractivity contribution in [1.29, 1.82) is 0 Å². The third-order valence-electron chi connectivity index (χ3n) is 3.26. The van der Waals surface area contributed by atoms with Crippen molar-refractivity contribution in [2.45, 2.75) is 0 Å². The number of carbonyl (C=O) groups is 1. The van der Waals surface area contributed by atoms with Crippen LogP contribution in [0.3, 0.4) is 0 Å². The summed E-state index contributed by atoms with van der Waals surface area (Å²) in [6, 6.07) is 7.32. The van der Waals surface area contributed by atoms with Gasteiger partial charge in [0.1, 0.15) is 0 Å². The lowest BCUT2D eigenvalue weighted by Crippen LogP contribution is -2.43. The van der Waals surface area contributed by atoms with Crippen LogP contribution in [0.1, 0.15) is 10.4 Å². The predicted octanol–water partition coefficient (Wildman–Crippen LogP) is 0.623. The fourth-order valence-electron chi connectivity index (χ4n) is 2.00. The van der Waals surface area contributed by atoms with E-state index >= 15 is 0 Å². The van der Waals surface area contributed by atoms with E-state index in [0.717, 1.165) is 5.69 Å². The summed E-state index contributed by atoms with van der Waals surface area (Å²) < 4.78 is 22.7. The summed E-state index contributed by atoms with van der Waals surface area (Å²) in [5, 5.41) is 0. The van der Waals surface area contributed by atoms with Gasteiger partial charge in [0.25, 0.3) is 5.91 Å². The molecule has 5 nitrogen and oxygen atoms in total. The van der Waals surface area contributed by atoms with E-state index in [9.17, 15) is 13.2 Å². The molecule has 0 radical (unpaired) electrons. The Morgan fingerprint density at radius 2 is 1.63 bits per heavy atom. The maximum atomic E-state index is 12.2. The zero-order valence-electron chi connectivity index (χ0n) is 11.2. The third kappa shape index (κ3) is 3.26. The Labute approximate surface area is 113 Å². The SMILES string of the molecule is CN(C)c1ccc(C(=O)N2CCS(=O)(=O)CC2)cc1. The molecule has 2 rings (SSSR count). The van der Waals surface area contributed by atoms with E-state index in [0.29, 0.717) is 5.56 Å². The summed E-state index contributed by atoms with van der Waals surface area (Å²) in [5.74, 6) is 0.0310. The van der Waals surface area contributed by atoms with E-state index in [4.69, 9.17) is 0 Å². The summed E-state index contributed by atoms with van der Waals surface area (Å²) in [6.45, 7) is 0.577. The molecule has 0 aromatic heterocycles. The fourth-order valence-corrected chi connectivity index (χ4v) is 3.20. The van der Waals surface area contributed by atoms with E-state index in [2.05, 4.69) is 0 Å². The normalized spacial score (nSPS) is 18.1. The average Bonchev–Trinajstić information content (AvgIpc) is 2.38. The molecule has 1 aliphatic rings. The van der Waals surface area contributed by atoms with Gasteiger partial charge in [0, 0.05) is 38.4 Å². The number of nitrogens with zero attached hydrogens (tertiary/aromatic N) is 2. The summed E-state index contributed by atoms with van der Waals surface area (Å²) in [6.07, 6.45) is 0. The minimum Gasteiger partial charge on any atom is -0.378 e. The van der Waals surface area contributed by atoms with Gasteiger partial charge < -0.3 is 9.80 Å². The van der Waals surface area contributed by atoms with Crippen molar-refractivity contribution in [3.05, 3.63) is 29.8 Å². The Kier molecular flexibility index (Phi) is 3.80. The molecule has 0 N–H and O–H groups in total. The second kappa shape index (κ2) is 5.21. The maximum Gasteiger partial charge on any atom is 0.253 e. The first-order valence-electron chi connectivity index (χ1n) is 6.16. The van der Waals surface area contributed by atoms with Crippen molar-refractivity contribution in [1.82, 2.24) is 4.90 Å². The molecule has 0 spiro atoms. The van der Waals surface area contributed by atoms with Crippen molar-refractivity contribution in [2.75, 3.05) is 43.6 Å². The third-order valence-corrected chi connectivity index (χ3v) is 4.87. The second-order valence-corrected chi connectivity index (χ2v) is 7.19. The first-order valence-corrected chi connectivity index (χ1v) is 7.98. The quantitative estimate of drug-likeness (QED) is 0.798. The van der Waals surface area contributed by atoms with E-state index < -0.39 is 9.84 Å². The molecule has 0 saturated carbocycles. The van der Waals surface area contributed by atoms with Gasteiger partial charge in [0.2, 0.25) is 0 Å². The Morgan fingerprint density at radius 1 is 1.11 bits per heavy atom. The maximum absolute atomic E-state index is 12.2. The zero-order chi connectivity index (χ0) is 14.0. The van der Waals surface area contributed by atoms with Gasteiger partial charge in [-0.05, 0) is 24.3 Å². The van der Waals surface area contributed by atoms with Crippen LogP contribution in [-0.4, -0.2) is 57.9 Å². The van der Waals surface area contributed by atoms with Crippen LogP contribution >= 0.6 is 0 Å². The molecular weight excluding hydrogens is 264 g/mol. The molecule has 0 unspecified atom stereocenters.